The number of fused-ring (bicyclic) bond motifs is 1. The van der Waals surface area contributed by atoms with E-state index < -0.39 is 28.8 Å². The van der Waals surface area contributed by atoms with Crippen LogP contribution in [-0.4, -0.2) is 33.3 Å². The second-order valence-electron chi connectivity index (χ2n) is 5.70. The third-order valence-electron chi connectivity index (χ3n) is 4.13. The van der Waals surface area contributed by atoms with Crippen molar-refractivity contribution in [2.45, 2.75) is 12.8 Å². The van der Waals surface area contributed by atoms with Crippen LogP contribution in [0.5, 0.6) is 0 Å². The van der Waals surface area contributed by atoms with E-state index in [1.54, 1.807) is 4.90 Å². The molecule has 1 aliphatic heterocycles. The number of nitrogens with zero attached hydrogens (tertiary/aromatic N) is 5. The van der Waals surface area contributed by atoms with Gasteiger partial charge in [0.25, 0.3) is 0 Å². The normalized spacial score (nSPS) is 14.5. The van der Waals surface area contributed by atoms with Gasteiger partial charge in [-0.25, -0.2) is 27.5 Å². The highest BCUT2D eigenvalue weighted by Crippen LogP contribution is 2.38. The summed E-state index contributed by atoms with van der Waals surface area (Å²) in [5.74, 6) is -4.42. The molecule has 0 unspecified atom stereocenters. The highest BCUT2D eigenvalue weighted by Gasteiger charge is 2.28. The molecule has 1 aliphatic rings. The zero-order valence-corrected chi connectivity index (χ0v) is 12.8. The van der Waals surface area contributed by atoms with E-state index in [4.69, 9.17) is 0 Å². The molecule has 128 valence electrons. The fourth-order valence-electron chi connectivity index (χ4n) is 3.03. The quantitative estimate of drug-likeness (QED) is 0.665. The smallest absolute Gasteiger partial charge is 0.205 e. The van der Waals surface area contributed by atoms with Crippen LogP contribution < -0.4 is 4.90 Å². The Morgan fingerprint density at radius 3 is 2.28 bits per heavy atom. The lowest BCUT2D eigenvalue weighted by molar-refractivity contribution is 0.545. The first-order chi connectivity index (χ1) is 12.1. The van der Waals surface area contributed by atoms with Crippen molar-refractivity contribution in [3.63, 3.8) is 0 Å². The number of pyridine rings is 1. The molecule has 1 aromatic carbocycles. The molecule has 1 saturated heterocycles. The number of aromatic nitrogens is 4. The van der Waals surface area contributed by atoms with E-state index in [-0.39, 0.29) is 22.5 Å². The summed E-state index contributed by atoms with van der Waals surface area (Å²) >= 11 is 0. The average molecular weight is 349 g/mol. The summed E-state index contributed by atoms with van der Waals surface area (Å²) in [7, 11) is 0. The maximum absolute atomic E-state index is 15.1. The Balaban J connectivity index is 2.08. The van der Waals surface area contributed by atoms with E-state index in [1.165, 1.54) is 0 Å². The summed E-state index contributed by atoms with van der Waals surface area (Å²) in [6.45, 7) is 1.12. The van der Waals surface area contributed by atoms with Crippen molar-refractivity contribution in [2.75, 3.05) is 18.0 Å². The maximum Gasteiger partial charge on any atom is 0.205 e. The molecule has 2 aromatic heterocycles. The van der Waals surface area contributed by atoms with Gasteiger partial charge < -0.3 is 4.90 Å². The van der Waals surface area contributed by atoms with E-state index in [2.05, 4.69) is 20.2 Å². The van der Waals surface area contributed by atoms with Gasteiger partial charge in [0.1, 0.15) is 35.1 Å². The number of rotatable bonds is 2. The standard InChI is InChI=1S/C16H11F4N5/c17-8-5-9(18)11(10(19)6-8)12-13(20)14-15(24-22-7-21-14)23-16(12)25-3-1-2-4-25/h5-7H,1-4H2. The molecule has 0 amide bonds. The predicted molar refractivity (Wildman–Crippen MR) is 81.8 cm³/mol. The van der Waals surface area contributed by atoms with Gasteiger partial charge in [0.2, 0.25) is 5.65 Å². The predicted octanol–water partition coefficient (Wildman–Crippen LogP) is 3.24. The zero-order valence-electron chi connectivity index (χ0n) is 12.8. The van der Waals surface area contributed by atoms with E-state index in [0.29, 0.717) is 25.2 Å². The molecule has 0 aliphatic carbocycles. The van der Waals surface area contributed by atoms with Crippen LogP contribution >= 0.6 is 0 Å². The fraction of sp³-hybridized carbons (Fsp3) is 0.250. The molecule has 0 radical (unpaired) electrons. The first-order valence-corrected chi connectivity index (χ1v) is 7.63. The van der Waals surface area contributed by atoms with Gasteiger partial charge in [0.05, 0.1) is 11.1 Å². The molecular formula is C16H11F4N5. The van der Waals surface area contributed by atoms with Gasteiger partial charge in [-0.3, -0.25) is 0 Å². The summed E-state index contributed by atoms with van der Waals surface area (Å²) in [4.78, 5) is 9.70. The van der Waals surface area contributed by atoms with Crippen LogP contribution in [0.1, 0.15) is 12.8 Å². The second-order valence-corrected chi connectivity index (χ2v) is 5.70. The topological polar surface area (TPSA) is 54.8 Å². The van der Waals surface area contributed by atoms with Crippen molar-refractivity contribution < 1.29 is 17.6 Å². The van der Waals surface area contributed by atoms with Gasteiger partial charge in [-0.15, -0.1) is 10.2 Å². The van der Waals surface area contributed by atoms with Gasteiger partial charge in [0, 0.05) is 25.2 Å². The zero-order chi connectivity index (χ0) is 17.6. The third kappa shape index (κ3) is 2.55. The number of anilines is 1. The molecular weight excluding hydrogens is 338 g/mol. The minimum atomic E-state index is -1.21. The highest BCUT2D eigenvalue weighted by molar-refractivity contribution is 5.87. The van der Waals surface area contributed by atoms with Crippen LogP contribution in [0, 0.1) is 23.3 Å². The van der Waals surface area contributed by atoms with Gasteiger partial charge >= 0.3 is 0 Å². The molecule has 1 fully saturated rings. The first-order valence-electron chi connectivity index (χ1n) is 7.63. The summed E-state index contributed by atoms with van der Waals surface area (Å²) in [5.41, 5.74) is -1.37. The van der Waals surface area contributed by atoms with Crippen molar-refractivity contribution in [1.82, 2.24) is 20.2 Å². The van der Waals surface area contributed by atoms with Gasteiger partial charge in [-0.1, -0.05) is 0 Å². The van der Waals surface area contributed by atoms with E-state index >= 15 is 4.39 Å². The van der Waals surface area contributed by atoms with Gasteiger partial charge in [-0.05, 0) is 12.8 Å². The van der Waals surface area contributed by atoms with Crippen molar-refractivity contribution in [2.24, 2.45) is 0 Å². The van der Waals surface area contributed by atoms with Crippen LogP contribution in [-0.2, 0) is 0 Å². The van der Waals surface area contributed by atoms with Crippen molar-refractivity contribution >= 4 is 17.0 Å². The molecule has 4 rings (SSSR count). The molecule has 5 nitrogen and oxygen atoms in total. The van der Waals surface area contributed by atoms with Gasteiger partial charge in [0.15, 0.2) is 5.82 Å². The molecule has 3 aromatic rings. The van der Waals surface area contributed by atoms with Crippen LogP contribution in [0.25, 0.3) is 22.3 Å². The third-order valence-corrected chi connectivity index (χ3v) is 4.13. The van der Waals surface area contributed by atoms with E-state index in [1.807, 2.05) is 0 Å². The van der Waals surface area contributed by atoms with Crippen molar-refractivity contribution in [3.8, 4) is 11.1 Å². The fourth-order valence-corrected chi connectivity index (χ4v) is 3.03. The summed E-state index contributed by atoms with van der Waals surface area (Å²) in [6.07, 6.45) is 2.70. The Bertz CT molecular complexity index is 949. The second kappa shape index (κ2) is 5.91. The highest BCUT2D eigenvalue weighted by atomic mass is 19.1. The Kier molecular flexibility index (Phi) is 3.70. The van der Waals surface area contributed by atoms with Crippen LogP contribution in [0.4, 0.5) is 23.4 Å². The Labute approximate surface area is 139 Å². The summed E-state index contributed by atoms with van der Waals surface area (Å²) in [6, 6.07) is 1.02. The number of hydrogen-bond acceptors (Lipinski definition) is 5. The lowest BCUT2D eigenvalue weighted by atomic mass is 10.0. The molecule has 0 spiro atoms. The Morgan fingerprint density at radius 1 is 0.920 bits per heavy atom. The molecule has 0 N–H and O–H groups in total. The lowest BCUT2D eigenvalue weighted by Crippen LogP contribution is -2.21. The molecule has 9 heteroatoms. The van der Waals surface area contributed by atoms with Gasteiger partial charge in [-0.2, -0.15) is 0 Å². The van der Waals surface area contributed by atoms with Crippen molar-refractivity contribution in [3.05, 3.63) is 41.7 Å². The monoisotopic (exact) mass is 349 g/mol. The first kappa shape index (κ1) is 15.7. The van der Waals surface area contributed by atoms with E-state index in [0.717, 1.165) is 19.2 Å². The number of benzene rings is 1. The molecule has 3 heterocycles. The maximum atomic E-state index is 15.1. The number of hydrogen-bond donors (Lipinski definition) is 0. The average Bonchev–Trinajstić information content (AvgIpc) is 3.10. The summed E-state index contributed by atoms with van der Waals surface area (Å²) < 4.78 is 57.0. The van der Waals surface area contributed by atoms with Crippen LogP contribution in [0.15, 0.2) is 18.5 Å². The largest absolute Gasteiger partial charge is 0.356 e. The number of halogens is 4. The summed E-state index contributed by atoms with van der Waals surface area (Å²) in [5, 5.41) is 7.29. The molecule has 25 heavy (non-hydrogen) atoms. The molecule has 0 bridgehead atoms. The minimum Gasteiger partial charge on any atom is -0.356 e. The van der Waals surface area contributed by atoms with Crippen LogP contribution in [0.3, 0.4) is 0 Å². The lowest BCUT2D eigenvalue weighted by Gasteiger charge is -2.21. The van der Waals surface area contributed by atoms with E-state index in [9.17, 15) is 13.2 Å². The van der Waals surface area contributed by atoms with Crippen LogP contribution in [0.2, 0.25) is 0 Å². The molecule has 0 atom stereocenters. The SMILES string of the molecule is Fc1cc(F)c(-c2c(N3CCCC3)nc3nncnc3c2F)c(F)c1. The van der Waals surface area contributed by atoms with Crippen molar-refractivity contribution in [1.29, 1.82) is 0 Å². The minimum absolute atomic E-state index is 0.0502. The Morgan fingerprint density at radius 2 is 1.60 bits per heavy atom. The Hall–Kier alpha value is -2.84. The molecule has 0 saturated carbocycles.